The molecule has 1 nitrogen and oxygen atoms in total. The van der Waals surface area contributed by atoms with E-state index in [1.54, 1.807) is 6.26 Å². The quantitative estimate of drug-likeness (QED) is 0.416. The van der Waals surface area contributed by atoms with E-state index < -0.39 is 0 Å². The van der Waals surface area contributed by atoms with E-state index in [9.17, 15) is 0 Å². The largest absolute Gasteiger partial charge is 0.475 e. The average molecular weight is 95.2 g/mol. The van der Waals surface area contributed by atoms with Crippen LogP contribution in [0.25, 0.3) is 0 Å². The first-order valence-corrected chi connectivity index (χ1v) is 2.15. The summed E-state index contributed by atoms with van der Waals surface area (Å²) in [5.41, 5.74) is 0. The lowest BCUT2D eigenvalue weighted by Crippen LogP contribution is -1.92. The van der Waals surface area contributed by atoms with Crippen LogP contribution in [0.15, 0.2) is 22.8 Å². The molecule has 2 heteroatoms. The Balaban J connectivity index is 3.05. The second kappa shape index (κ2) is 1.30. The molecule has 0 spiro atoms. The minimum absolute atomic E-state index is 0.773. The summed E-state index contributed by atoms with van der Waals surface area (Å²) < 4.78 is 4.75. The van der Waals surface area contributed by atoms with Gasteiger partial charge in [0, 0.05) is 0 Å². The maximum atomic E-state index is 4.75. The Hall–Kier alpha value is -0.503. The van der Waals surface area contributed by atoms with Crippen molar-refractivity contribution in [3.05, 3.63) is 18.4 Å². The summed E-state index contributed by atoms with van der Waals surface area (Å²) in [7, 11) is 3.16. The van der Waals surface area contributed by atoms with Crippen molar-refractivity contribution in [2.45, 2.75) is 0 Å². The van der Waals surface area contributed by atoms with Gasteiger partial charge in [0.1, 0.15) is 10.2 Å². The van der Waals surface area contributed by atoms with Crippen LogP contribution in [0.1, 0.15) is 0 Å². The van der Waals surface area contributed by atoms with Gasteiger partial charge < -0.3 is 4.42 Å². The van der Waals surface area contributed by atoms with Crippen LogP contribution < -0.4 is 5.38 Å². The van der Waals surface area contributed by atoms with Crippen molar-refractivity contribution in [1.82, 2.24) is 0 Å². The lowest BCUT2D eigenvalue weighted by Gasteiger charge is -1.68. The minimum atomic E-state index is 0.773. The molecule has 1 heterocycles. The molecule has 0 saturated carbocycles. The van der Waals surface area contributed by atoms with E-state index in [1.165, 1.54) is 0 Å². The zero-order valence-corrected chi connectivity index (χ0v) is 4.14. The Labute approximate surface area is 39.4 Å². The Kier molecular flexibility index (Phi) is 0.799. The number of furan rings is 1. The van der Waals surface area contributed by atoms with Crippen molar-refractivity contribution in [3.8, 4) is 0 Å². The first-order valence-electron chi connectivity index (χ1n) is 1.65. The summed E-state index contributed by atoms with van der Waals surface area (Å²) in [6.07, 6.45) is 1.61. The molecular formula is C4H3OSi. The summed E-state index contributed by atoms with van der Waals surface area (Å²) in [5, 5.41) is 0.773. The topological polar surface area (TPSA) is 13.1 Å². The monoisotopic (exact) mass is 95.0 g/mol. The molecule has 0 atom stereocenters. The van der Waals surface area contributed by atoms with E-state index >= 15 is 0 Å². The first kappa shape index (κ1) is 3.68. The van der Waals surface area contributed by atoms with Crippen LogP contribution in [-0.2, 0) is 0 Å². The molecular weight excluding hydrogens is 92.1 g/mol. The SMILES string of the molecule is [Si]c1ccco1. The smallest absolute Gasteiger partial charge is 0.126 e. The van der Waals surface area contributed by atoms with Crippen molar-refractivity contribution < 1.29 is 4.42 Å². The number of hydrogen-bond acceptors (Lipinski definition) is 1. The zero-order chi connectivity index (χ0) is 4.41. The maximum Gasteiger partial charge on any atom is 0.126 e. The highest BCUT2D eigenvalue weighted by molar-refractivity contribution is 6.29. The minimum Gasteiger partial charge on any atom is -0.475 e. The highest BCUT2D eigenvalue weighted by Crippen LogP contribution is 1.75. The predicted molar refractivity (Wildman–Crippen MR) is 24.1 cm³/mol. The Morgan fingerprint density at radius 1 is 1.67 bits per heavy atom. The van der Waals surface area contributed by atoms with Gasteiger partial charge >= 0.3 is 0 Å². The van der Waals surface area contributed by atoms with Gasteiger partial charge in [0.15, 0.2) is 0 Å². The summed E-state index contributed by atoms with van der Waals surface area (Å²) in [5.74, 6) is 0. The van der Waals surface area contributed by atoms with Crippen molar-refractivity contribution in [1.29, 1.82) is 0 Å². The summed E-state index contributed by atoms with van der Waals surface area (Å²) >= 11 is 0. The lowest BCUT2D eigenvalue weighted by atomic mass is 10.7. The summed E-state index contributed by atoms with van der Waals surface area (Å²) in [4.78, 5) is 0. The molecule has 0 aromatic carbocycles. The van der Waals surface area contributed by atoms with Crippen LogP contribution in [0.3, 0.4) is 0 Å². The fourth-order valence-corrected chi connectivity index (χ4v) is 0.443. The molecule has 0 fully saturated rings. The van der Waals surface area contributed by atoms with E-state index in [-0.39, 0.29) is 0 Å². The third-order valence-electron chi connectivity index (χ3n) is 0.521. The molecule has 1 rings (SSSR count). The van der Waals surface area contributed by atoms with Gasteiger partial charge in [-0.15, -0.1) is 0 Å². The first-order chi connectivity index (χ1) is 2.89. The molecule has 0 N–H and O–H groups in total. The van der Waals surface area contributed by atoms with Gasteiger partial charge in [-0.1, -0.05) is 0 Å². The third kappa shape index (κ3) is 0.516. The van der Waals surface area contributed by atoms with E-state index in [1.807, 2.05) is 12.1 Å². The maximum absolute atomic E-state index is 4.75. The van der Waals surface area contributed by atoms with E-state index in [2.05, 4.69) is 10.2 Å². The highest BCUT2D eigenvalue weighted by atomic mass is 28.1. The van der Waals surface area contributed by atoms with Gasteiger partial charge in [-0.3, -0.25) is 0 Å². The van der Waals surface area contributed by atoms with Gasteiger partial charge in [0.05, 0.1) is 11.6 Å². The molecule has 1 aromatic rings. The van der Waals surface area contributed by atoms with Gasteiger partial charge in [-0.2, -0.15) is 0 Å². The number of rotatable bonds is 0. The average Bonchev–Trinajstić information content (AvgIpc) is 1.86. The molecule has 0 aliphatic heterocycles. The number of hydrogen-bond donors (Lipinski definition) is 0. The van der Waals surface area contributed by atoms with E-state index in [0.717, 1.165) is 5.38 Å². The second-order valence-corrected chi connectivity index (χ2v) is 1.47. The molecule has 3 radical (unpaired) electrons. The van der Waals surface area contributed by atoms with Crippen molar-refractivity contribution >= 4 is 15.6 Å². The van der Waals surface area contributed by atoms with E-state index in [0.29, 0.717) is 0 Å². The Morgan fingerprint density at radius 2 is 2.50 bits per heavy atom. The van der Waals surface area contributed by atoms with Gasteiger partial charge in [-0.05, 0) is 12.1 Å². The third-order valence-corrected chi connectivity index (χ3v) is 0.806. The molecule has 29 valence electrons. The lowest BCUT2D eigenvalue weighted by molar-refractivity contribution is 0.602. The molecule has 0 unspecified atom stereocenters. The molecule has 0 aliphatic rings. The molecule has 1 aromatic heterocycles. The van der Waals surface area contributed by atoms with Crippen LogP contribution in [0.4, 0.5) is 0 Å². The van der Waals surface area contributed by atoms with Crippen LogP contribution in [0, 0.1) is 0 Å². The van der Waals surface area contributed by atoms with Gasteiger partial charge in [0.25, 0.3) is 0 Å². The standard InChI is InChI=1S/C4H3OSi/c6-4-2-1-3-5-4/h1-3H. The molecule has 6 heavy (non-hydrogen) atoms. The molecule has 0 saturated heterocycles. The fourth-order valence-electron chi connectivity index (χ4n) is 0.279. The van der Waals surface area contributed by atoms with Gasteiger partial charge in [0.2, 0.25) is 0 Å². The Bertz CT molecular complexity index is 111. The predicted octanol–water partition coefficient (Wildman–Crippen LogP) is 0.0734. The second-order valence-electron chi connectivity index (χ2n) is 0.977. The van der Waals surface area contributed by atoms with Gasteiger partial charge in [-0.25, -0.2) is 0 Å². The summed E-state index contributed by atoms with van der Waals surface area (Å²) in [6.45, 7) is 0. The Morgan fingerprint density at radius 3 is 2.67 bits per heavy atom. The summed E-state index contributed by atoms with van der Waals surface area (Å²) in [6, 6.07) is 3.65. The van der Waals surface area contributed by atoms with Crippen LogP contribution in [0.2, 0.25) is 0 Å². The zero-order valence-electron chi connectivity index (χ0n) is 3.14. The highest BCUT2D eigenvalue weighted by Gasteiger charge is 1.76. The normalized spacial score (nSPS) is 8.83. The van der Waals surface area contributed by atoms with Crippen LogP contribution >= 0.6 is 0 Å². The van der Waals surface area contributed by atoms with Crippen LogP contribution in [0.5, 0.6) is 0 Å². The molecule has 0 bridgehead atoms. The van der Waals surface area contributed by atoms with Crippen LogP contribution in [-0.4, -0.2) is 10.2 Å². The van der Waals surface area contributed by atoms with E-state index in [4.69, 9.17) is 4.42 Å². The van der Waals surface area contributed by atoms with Crippen molar-refractivity contribution in [2.75, 3.05) is 0 Å². The van der Waals surface area contributed by atoms with Crippen molar-refractivity contribution in [2.24, 2.45) is 0 Å². The van der Waals surface area contributed by atoms with Crippen molar-refractivity contribution in [3.63, 3.8) is 0 Å². The molecule has 0 aliphatic carbocycles. The fraction of sp³-hybridized carbons (Fsp3) is 0. The molecule has 0 amide bonds.